The first kappa shape index (κ1) is 39.1. The summed E-state index contributed by atoms with van der Waals surface area (Å²) >= 11 is 0. The van der Waals surface area contributed by atoms with Gasteiger partial charge in [-0.1, -0.05) is 172 Å². The van der Waals surface area contributed by atoms with Crippen LogP contribution in [0.25, 0.3) is 110 Å². The summed E-state index contributed by atoms with van der Waals surface area (Å²) in [6, 6.07) is 87.8. The van der Waals surface area contributed by atoms with E-state index in [-0.39, 0.29) is 5.41 Å². The van der Waals surface area contributed by atoms with E-state index in [1.807, 2.05) is 0 Å². The van der Waals surface area contributed by atoms with Crippen molar-refractivity contribution in [2.24, 2.45) is 0 Å². The Morgan fingerprint density at radius 2 is 0.914 bits per heavy atom. The smallest absolute Gasteiger partial charge is 0.0568 e. The van der Waals surface area contributed by atoms with Crippen LogP contribution in [0.3, 0.4) is 0 Å². The van der Waals surface area contributed by atoms with Gasteiger partial charge in [-0.05, 0) is 140 Å². The van der Waals surface area contributed by atoms with Crippen LogP contribution in [0.1, 0.15) is 25.0 Å². The van der Waals surface area contributed by atoms with E-state index >= 15 is 0 Å². The third kappa shape index (κ3) is 5.40. The normalized spacial score (nSPS) is 13.1. The van der Waals surface area contributed by atoms with Gasteiger partial charge >= 0.3 is 0 Å². The number of benzene rings is 11. The van der Waals surface area contributed by atoms with Gasteiger partial charge in [-0.3, -0.25) is 0 Å². The molecular formula is C67H45N3. The maximum atomic E-state index is 2.52. The Morgan fingerprint density at radius 3 is 1.71 bits per heavy atom. The van der Waals surface area contributed by atoms with Crippen LogP contribution in [0.2, 0.25) is 0 Å². The summed E-state index contributed by atoms with van der Waals surface area (Å²) in [6.45, 7) is 4.71. The van der Waals surface area contributed by atoms with Gasteiger partial charge in [0.25, 0.3) is 0 Å². The van der Waals surface area contributed by atoms with Gasteiger partial charge in [-0.15, -0.1) is 0 Å². The number of aromatic nitrogens is 2. The van der Waals surface area contributed by atoms with E-state index < -0.39 is 0 Å². The van der Waals surface area contributed by atoms with Crippen molar-refractivity contribution in [1.29, 1.82) is 0 Å². The standard InChI is InChI=1S/C67H45N3/c1-67(2)56-26-13-11-22-51(56)52-38-37-49(40-57(52)67)68(45-17-5-3-6-18-45)47-33-28-42(29-34-47)43-30-35-48(36-31-43)70-59-39-32-44-16-15-25-53-50-21-9-10-23-54(50)64-63-55-24-12-14-27-58(55)69(46-19-7-4-8-20-46)60(63)41-61(70)66(64)65(59)62(44)53/h3-41H,1-2H3. The number of hydrogen-bond donors (Lipinski definition) is 0. The van der Waals surface area contributed by atoms with Crippen LogP contribution < -0.4 is 4.90 Å². The zero-order chi connectivity index (χ0) is 46.2. The van der Waals surface area contributed by atoms with Crippen molar-refractivity contribution in [3.8, 4) is 55.9 Å². The molecule has 70 heavy (non-hydrogen) atoms. The van der Waals surface area contributed by atoms with Crippen LogP contribution >= 0.6 is 0 Å². The Morgan fingerprint density at radius 1 is 0.329 bits per heavy atom. The van der Waals surface area contributed by atoms with Gasteiger partial charge in [0, 0.05) is 61.0 Å². The van der Waals surface area contributed by atoms with Crippen LogP contribution in [-0.2, 0) is 5.41 Å². The number of rotatable bonds is 6. The van der Waals surface area contributed by atoms with Crippen molar-refractivity contribution in [3.63, 3.8) is 0 Å². The highest BCUT2D eigenvalue weighted by atomic mass is 15.1. The largest absolute Gasteiger partial charge is 0.310 e. The number of hydrogen-bond acceptors (Lipinski definition) is 1. The van der Waals surface area contributed by atoms with Crippen LogP contribution in [0.15, 0.2) is 237 Å². The van der Waals surface area contributed by atoms with Gasteiger partial charge in [0.15, 0.2) is 0 Å². The van der Waals surface area contributed by atoms with Crippen LogP contribution in [0, 0.1) is 0 Å². The molecule has 2 aliphatic rings. The summed E-state index contributed by atoms with van der Waals surface area (Å²) in [6.07, 6.45) is 0. The SMILES string of the molecule is CC1(C)c2ccccc2-c2ccc(N(c3ccccc3)c3ccc(-c4ccc(-n5c6cc7c(c8c6c6c9c(cccc9ccc65)-c5ccccc5-8)c5ccccc5n7-c5ccccc5)cc4)cc3)cc21. The molecule has 13 aromatic rings. The average molecular weight is 892 g/mol. The average Bonchev–Trinajstić information content (AvgIpc) is 3.98. The molecule has 0 atom stereocenters. The van der Waals surface area contributed by atoms with Crippen LogP contribution in [0.4, 0.5) is 17.1 Å². The molecule has 2 aliphatic carbocycles. The summed E-state index contributed by atoms with van der Waals surface area (Å²) in [7, 11) is 0. The second-order valence-corrected chi connectivity index (χ2v) is 19.6. The summed E-state index contributed by atoms with van der Waals surface area (Å²) in [5.41, 5.74) is 23.3. The minimum absolute atomic E-state index is 0.0894. The molecule has 0 saturated heterocycles. The maximum Gasteiger partial charge on any atom is 0.0568 e. The highest BCUT2D eigenvalue weighted by molar-refractivity contribution is 6.36. The van der Waals surface area contributed by atoms with E-state index in [4.69, 9.17) is 0 Å². The molecule has 2 aromatic heterocycles. The van der Waals surface area contributed by atoms with Crippen molar-refractivity contribution >= 4 is 71.4 Å². The molecule has 15 rings (SSSR count). The van der Waals surface area contributed by atoms with Crippen LogP contribution in [-0.4, -0.2) is 9.13 Å². The molecule has 0 aliphatic heterocycles. The number of nitrogens with zero attached hydrogens (tertiary/aromatic N) is 3. The zero-order valence-electron chi connectivity index (χ0n) is 38.9. The molecule has 0 fully saturated rings. The monoisotopic (exact) mass is 891 g/mol. The predicted octanol–water partition coefficient (Wildman–Crippen LogP) is 18.1. The number of para-hydroxylation sites is 3. The summed E-state index contributed by atoms with van der Waals surface area (Å²) in [5.74, 6) is 0. The molecular weight excluding hydrogens is 847 g/mol. The highest BCUT2D eigenvalue weighted by Gasteiger charge is 2.36. The van der Waals surface area contributed by atoms with Gasteiger partial charge in [-0.2, -0.15) is 0 Å². The third-order valence-electron chi connectivity index (χ3n) is 15.6. The van der Waals surface area contributed by atoms with Gasteiger partial charge < -0.3 is 14.0 Å². The molecule has 2 heterocycles. The Balaban J connectivity index is 0.897. The first-order chi connectivity index (χ1) is 34.5. The molecule has 0 spiro atoms. The second-order valence-electron chi connectivity index (χ2n) is 19.6. The summed E-state index contributed by atoms with van der Waals surface area (Å²) < 4.78 is 4.99. The molecule has 0 radical (unpaired) electrons. The van der Waals surface area contributed by atoms with E-state index in [1.165, 1.54) is 110 Å². The lowest BCUT2D eigenvalue weighted by Crippen LogP contribution is -2.16. The molecule has 3 nitrogen and oxygen atoms in total. The Hall–Kier alpha value is -8.92. The Labute approximate surface area is 406 Å². The van der Waals surface area contributed by atoms with Gasteiger partial charge in [0.2, 0.25) is 0 Å². The Bertz CT molecular complexity index is 4290. The quantitative estimate of drug-likeness (QED) is 0.162. The van der Waals surface area contributed by atoms with Crippen molar-refractivity contribution in [2.75, 3.05) is 4.90 Å². The number of fused-ring (bicyclic) bond motifs is 10. The van der Waals surface area contributed by atoms with Crippen LogP contribution in [0.5, 0.6) is 0 Å². The van der Waals surface area contributed by atoms with Gasteiger partial charge in [0.05, 0.1) is 22.1 Å². The lowest BCUT2D eigenvalue weighted by atomic mass is 9.82. The lowest BCUT2D eigenvalue weighted by molar-refractivity contribution is 0.660. The third-order valence-corrected chi connectivity index (χ3v) is 15.6. The molecule has 11 aromatic carbocycles. The van der Waals surface area contributed by atoms with Crippen molar-refractivity contribution < 1.29 is 0 Å². The van der Waals surface area contributed by atoms with Crippen molar-refractivity contribution in [3.05, 3.63) is 248 Å². The van der Waals surface area contributed by atoms with E-state index in [0.717, 1.165) is 28.4 Å². The minimum atomic E-state index is -0.0894. The maximum absolute atomic E-state index is 2.52. The van der Waals surface area contributed by atoms with E-state index in [1.54, 1.807) is 0 Å². The lowest BCUT2D eigenvalue weighted by Gasteiger charge is -2.28. The fourth-order valence-electron chi connectivity index (χ4n) is 12.5. The van der Waals surface area contributed by atoms with E-state index in [2.05, 4.69) is 264 Å². The molecule has 3 heteroatoms. The van der Waals surface area contributed by atoms with Gasteiger partial charge in [0.1, 0.15) is 0 Å². The van der Waals surface area contributed by atoms with Gasteiger partial charge in [-0.25, -0.2) is 0 Å². The fraction of sp³-hybridized carbons (Fsp3) is 0.0448. The predicted molar refractivity (Wildman–Crippen MR) is 295 cm³/mol. The zero-order valence-corrected chi connectivity index (χ0v) is 38.9. The van der Waals surface area contributed by atoms with E-state index in [0.29, 0.717) is 0 Å². The number of anilines is 3. The highest BCUT2D eigenvalue weighted by Crippen LogP contribution is 2.54. The second kappa shape index (κ2) is 14.5. The molecule has 0 saturated carbocycles. The molecule has 0 bridgehead atoms. The first-order valence-corrected chi connectivity index (χ1v) is 24.4. The van der Waals surface area contributed by atoms with Crippen molar-refractivity contribution in [1.82, 2.24) is 9.13 Å². The van der Waals surface area contributed by atoms with Crippen molar-refractivity contribution in [2.45, 2.75) is 19.3 Å². The molecule has 328 valence electrons. The topological polar surface area (TPSA) is 13.1 Å². The Kier molecular flexibility index (Phi) is 8.13. The molecule has 0 N–H and O–H groups in total. The minimum Gasteiger partial charge on any atom is -0.310 e. The first-order valence-electron chi connectivity index (χ1n) is 24.4. The molecule has 0 unspecified atom stereocenters. The fourth-order valence-corrected chi connectivity index (χ4v) is 12.5. The summed E-state index contributed by atoms with van der Waals surface area (Å²) in [4.78, 5) is 2.39. The van der Waals surface area contributed by atoms with E-state index in [9.17, 15) is 0 Å². The summed E-state index contributed by atoms with van der Waals surface area (Å²) in [5, 5.41) is 7.74. The molecule has 0 amide bonds.